The molecule has 2 N–H and O–H groups in total. The largest absolute Gasteiger partial charge is 0.329 e. The molecular weight excluding hydrogens is 196 g/mol. The van der Waals surface area contributed by atoms with E-state index in [9.17, 15) is 0 Å². The zero-order valence-electron chi connectivity index (χ0n) is 11.8. The van der Waals surface area contributed by atoms with E-state index in [4.69, 9.17) is 5.73 Å². The zero-order chi connectivity index (χ0) is 12.3. The minimum absolute atomic E-state index is 0.276. The molecule has 1 fully saturated rings. The number of likely N-dealkylation sites (N-methyl/N-ethyl adjacent to an activating group) is 1. The van der Waals surface area contributed by atoms with Crippen LogP contribution < -0.4 is 5.73 Å². The summed E-state index contributed by atoms with van der Waals surface area (Å²) in [6.45, 7) is 10.1. The van der Waals surface area contributed by atoms with E-state index in [-0.39, 0.29) is 5.54 Å². The molecule has 0 radical (unpaired) electrons. The van der Waals surface area contributed by atoms with Gasteiger partial charge in [0.15, 0.2) is 0 Å². The van der Waals surface area contributed by atoms with Crippen LogP contribution in [0, 0.1) is 11.8 Å². The van der Waals surface area contributed by atoms with Crippen molar-refractivity contribution in [1.29, 1.82) is 0 Å². The number of hydrogen-bond acceptors (Lipinski definition) is 2. The van der Waals surface area contributed by atoms with Crippen molar-refractivity contribution in [3.05, 3.63) is 0 Å². The van der Waals surface area contributed by atoms with E-state index >= 15 is 0 Å². The van der Waals surface area contributed by atoms with Gasteiger partial charge in [-0.2, -0.15) is 0 Å². The van der Waals surface area contributed by atoms with E-state index in [1.54, 1.807) is 0 Å². The van der Waals surface area contributed by atoms with Gasteiger partial charge in [0.05, 0.1) is 0 Å². The highest BCUT2D eigenvalue weighted by molar-refractivity contribution is 5.01. The Balaban J connectivity index is 2.86. The normalized spacial score (nSPS) is 32.6. The van der Waals surface area contributed by atoms with Gasteiger partial charge in [0.25, 0.3) is 0 Å². The van der Waals surface area contributed by atoms with Gasteiger partial charge in [-0.15, -0.1) is 0 Å². The lowest BCUT2D eigenvalue weighted by Crippen LogP contribution is -2.58. The van der Waals surface area contributed by atoms with Gasteiger partial charge >= 0.3 is 0 Å². The number of hydrogen-bond donors (Lipinski definition) is 1. The van der Waals surface area contributed by atoms with Gasteiger partial charge in [0.2, 0.25) is 0 Å². The molecule has 0 aromatic heterocycles. The van der Waals surface area contributed by atoms with Crippen LogP contribution in [0.25, 0.3) is 0 Å². The van der Waals surface area contributed by atoms with Crippen LogP contribution in [0.15, 0.2) is 0 Å². The predicted molar refractivity (Wildman–Crippen MR) is 71.5 cm³/mol. The Labute approximate surface area is 102 Å². The van der Waals surface area contributed by atoms with E-state index in [2.05, 4.69) is 39.6 Å². The Hall–Kier alpha value is -0.0800. The van der Waals surface area contributed by atoms with Crippen LogP contribution in [-0.2, 0) is 0 Å². The third kappa shape index (κ3) is 2.28. The summed E-state index contributed by atoms with van der Waals surface area (Å²) in [6, 6.07) is 0.621. The maximum atomic E-state index is 6.13. The molecular formula is C14H30N2. The number of nitrogens with two attached hydrogens (primary N) is 1. The number of nitrogens with zero attached hydrogens (tertiary/aromatic N) is 1. The first-order chi connectivity index (χ1) is 7.49. The summed E-state index contributed by atoms with van der Waals surface area (Å²) in [5.41, 5.74) is 6.41. The van der Waals surface area contributed by atoms with Crippen molar-refractivity contribution in [2.24, 2.45) is 17.6 Å². The molecule has 0 aliphatic heterocycles. The molecule has 0 saturated heterocycles. The van der Waals surface area contributed by atoms with Crippen LogP contribution in [-0.4, -0.2) is 30.1 Å². The van der Waals surface area contributed by atoms with Crippen molar-refractivity contribution in [3.8, 4) is 0 Å². The molecule has 3 atom stereocenters. The smallest absolute Gasteiger partial charge is 0.0359 e. The minimum Gasteiger partial charge on any atom is -0.329 e. The Morgan fingerprint density at radius 3 is 2.44 bits per heavy atom. The summed E-state index contributed by atoms with van der Waals surface area (Å²) in [6.07, 6.45) is 5.27. The van der Waals surface area contributed by atoms with Crippen LogP contribution in [0.2, 0.25) is 0 Å². The third-order valence-electron chi connectivity index (χ3n) is 5.05. The second-order valence-electron chi connectivity index (χ2n) is 5.90. The highest BCUT2D eigenvalue weighted by atomic mass is 15.2. The maximum Gasteiger partial charge on any atom is 0.0359 e. The van der Waals surface area contributed by atoms with Crippen LogP contribution >= 0.6 is 0 Å². The first kappa shape index (κ1) is 14.0. The molecule has 1 rings (SSSR count). The van der Waals surface area contributed by atoms with Crippen molar-refractivity contribution in [3.63, 3.8) is 0 Å². The van der Waals surface area contributed by atoms with Gasteiger partial charge in [0, 0.05) is 18.1 Å². The molecule has 1 aliphatic rings. The van der Waals surface area contributed by atoms with Gasteiger partial charge in [-0.25, -0.2) is 0 Å². The van der Waals surface area contributed by atoms with E-state index < -0.39 is 0 Å². The van der Waals surface area contributed by atoms with E-state index in [1.165, 1.54) is 25.7 Å². The molecule has 0 aromatic rings. The van der Waals surface area contributed by atoms with Gasteiger partial charge in [-0.05, 0) is 38.6 Å². The van der Waals surface area contributed by atoms with Crippen LogP contribution in [0.3, 0.4) is 0 Å². The molecule has 0 aromatic carbocycles. The van der Waals surface area contributed by atoms with E-state index in [1.807, 2.05) is 0 Å². The summed E-state index contributed by atoms with van der Waals surface area (Å²) in [7, 11) is 2.28. The standard InChI is InChI=1S/C14H30N2/c1-6-13-8-7-9-14(13,10-15)16(5)12(4)11(2)3/h11-13H,6-10,15H2,1-5H3. The molecule has 3 unspecified atom stereocenters. The van der Waals surface area contributed by atoms with Gasteiger partial charge < -0.3 is 5.73 Å². The average Bonchev–Trinajstić information content (AvgIpc) is 2.70. The highest BCUT2D eigenvalue weighted by Crippen LogP contribution is 2.42. The van der Waals surface area contributed by atoms with Crippen LogP contribution in [0.5, 0.6) is 0 Å². The topological polar surface area (TPSA) is 29.3 Å². The first-order valence-corrected chi connectivity index (χ1v) is 6.92. The number of rotatable bonds is 5. The summed E-state index contributed by atoms with van der Waals surface area (Å²) in [5.74, 6) is 1.50. The summed E-state index contributed by atoms with van der Waals surface area (Å²) < 4.78 is 0. The second-order valence-corrected chi connectivity index (χ2v) is 5.90. The van der Waals surface area contributed by atoms with Crippen molar-refractivity contribution in [1.82, 2.24) is 4.90 Å². The Morgan fingerprint density at radius 2 is 2.00 bits per heavy atom. The monoisotopic (exact) mass is 226 g/mol. The maximum absolute atomic E-state index is 6.13. The predicted octanol–water partition coefficient (Wildman–Crippen LogP) is 2.87. The molecule has 0 heterocycles. The van der Waals surface area contributed by atoms with Crippen LogP contribution in [0.4, 0.5) is 0 Å². The second kappa shape index (κ2) is 5.50. The Kier molecular flexibility index (Phi) is 4.81. The SMILES string of the molecule is CCC1CCCC1(CN)N(C)C(C)C(C)C. The lowest BCUT2D eigenvalue weighted by atomic mass is 9.82. The average molecular weight is 226 g/mol. The van der Waals surface area contributed by atoms with Crippen molar-refractivity contribution in [2.75, 3.05) is 13.6 Å². The van der Waals surface area contributed by atoms with E-state index in [0.717, 1.165) is 12.5 Å². The molecule has 0 spiro atoms. The fourth-order valence-electron chi connectivity index (χ4n) is 3.44. The lowest BCUT2D eigenvalue weighted by molar-refractivity contribution is 0.0310. The third-order valence-corrected chi connectivity index (χ3v) is 5.05. The van der Waals surface area contributed by atoms with Crippen molar-refractivity contribution in [2.45, 2.75) is 65.0 Å². The molecule has 0 amide bonds. The van der Waals surface area contributed by atoms with E-state index in [0.29, 0.717) is 12.0 Å². The van der Waals surface area contributed by atoms with Gasteiger partial charge in [0.1, 0.15) is 0 Å². The van der Waals surface area contributed by atoms with Crippen molar-refractivity contribution >= 4 is 0 Å². The van der Waals surface area contributed by atoms with Gasteiger partial charge in [-0.1, -0.05) is 33.6 Å². The Morgan fingerprint density at radius 1 is 1.38 bits per heavy atom. The summed E-state index contributed by atoms with van der Waals surface area (Å²) in [4.78, 5) is 2.58. The molecule has 1 aliphatic carbocycles. The minimum atomic E-state index is 0.276. The molecule has 1 saturated carbocycles. The molecule has 2 heteroatoms. The van der Waals surface area contributed by atoms with Crippen LogP contribution in [0.1, 0.15) is 53.4 Å². The zero-order valence-corrected chi connectivity index (χ0v) is 11.8. The molecule has 0 bridgehead atoms. The molecule has 96 valence electrons. The fourth-order valence-corrected chi connectivity index (χ4v) is 3.44. The van der Waals surface area contributed by atoms with Crippen molar-refractivity contribution < 1.29 is 0 Å². The fraction of sp³-hybridized carbons (Fsp3) is 1.00. The molecule has 2 nitrogen and oxygen atoms in total. The highest BCUT2D eigenvalue weighted by Gasteiger charge is 2.45. The lowest BCUT2D eigenvalue weighted by Gasteiger charge is -2.47. The first-order valence-electron chi connectivity index (χ1n) is 6.92. The summed E-state index contributed by atoms with van der Waals surface area (Å²) in [5, 5.41) is 0. The van der Waals surface area contributed by atoms with Gasteiger partial charge in [-0.3, -0.25) is 4.90 Å². The quantitative estimate of drug-likeness (QED) is 0.781. The Bertz CT molecular complexity index is 215. The summed E-state index contributed by atoms with van der Waals surface area (Å²) >= 11 is 0. The molecule has 16 heavy (non-hydrogen) atoms.